The van der Waals surface area contributed by atoms with Crippen LogP contribution >= 0.6 is 23.7 Å². The molecule has 1 aliphatic heterocycles. The van der Waals surface area contributed by atoms with Gasteiger partial charge in [-0.1, -0.05) is 11.3 Å². The van der Waals surface area contributed by atoms with Gasteiger partial charge in [0.25, 0.3) is 5.91 Å². The van der Waals surface area contributed by atoms with E-state index in [9.17, 15) is 14.9 Å². The zero-order valence-corrected chi connectivity index (χ0v) is 12.1. The topological polar surface area (TPSA) is 84.3 Å². The number of carbonyl (C=O) groups excluding carboxylic acids is 1. The van der Waals surface area contributed by atoms with Gasteiger partial charge in [-0.15, -0.1) is 12.4 Å². The summed E-state index contributed by atoms with van der Waals surface area (Å²) in [4.78, 5) is 22.0. The molecule has 0 bridgehead atoms. The van der Waals surface area contributed by atoms with E-state index in [2.05, 4.69) is 10.6 Å². The third-order valence-electron chi connectivity index (χ3n) is 3.11. The van der Waals surface area contributed by atoms with Gasteiger partial charge in [-0.05, 0) is 26.3 Å². The molecule has 0 spiro atoms. The van der Waals surface area contributed by atoms with Crippen molar-refractivity contribution in [1.82, 2.24) is 10.6 Å². The fraction of sp³-hybridized carbons (Fsp3) is 0.545. The molecule has 1 fully saturated rings. The van der Waals surface area contributed by atoms with Crippen molar-refractivity contribution in [3.05, 3.63) is 27.1 Å². The number of amides is 1. The van der Waals surface area contributed by atoms with Gasteiger partial charge in [0.2, 0.25) is 0 Å². The number of nitro groups is 1. The minimum Gasteiger partial charge on any atom is -0.348 e. The number of hydrogen-bond acceptors (Lipinski definition) is 5. The van der Waals surface area contributed by atoms with Crippen LogP contribution in [-0.4, -0.2) is 29.5 Å². The first-order valence-electron chi connectivity index (χ1n) is 5.85. The predicted octanol–water partition coefficient (Wildman–Crippen LogP) is 1.95. The van der Waals surface area contributed by atoms with Gasteiger partial charge in [-0.2, -0.15) is 0 Å². The lowest BCUT2D eigenvalue weighted by Crippen LogP contribution is -2.51. The maximum absolute atomic E-state index is 11.9. The normalized spacial score (nSPS) is 22.4. The average molecular weight is 306 g/mol. The summed E-state index contributed by atoms with van der Waals surface area (Å²) < 4.78 is 0. The van der Waals surface area contributed by atoms with Crippen molar-refractivity contribution >= 4 is 34.7 Å². The van der Waals surface area contributed by atoms with Crippen molar-refractivity contribution in [3.63, 3.8) is 0 Å². The number of piperidine rings is 1. The standard InChI is InChI=1S/C11H15N3O3S.ClH/c1-7-9(3-2-4-12-7)13-11(15)8-5-10(14(16)17)18-6-8;/h5-7,9,12H,2-4H2,1H3,(H,13,15);1H. The summed E-state index contributed by atoms with van der Waals surface area (Å²) in [5, 5.41) is 18.3. The van der Waals surface area contributed by atoms with E-state index in [4.69, 9.17) is 0 Å². The molecule has 0 saturated carbocycles. The van der Waals surface area contributed by atoms with E-state index in [0.29, 0.717) is 5.56 Å². The van der Waals surface area contributed by atoms with Crippen LogP contribution in [0.15, 0.2) is 11.4 Å². The molecule has 2 N–H and O–H groups in total. The molecule has 1 amide bonds. The zero-order valence-electron chi connectivity index (χ0n) is 10.4. The molecule has 8 heteroatoms. The second kappa shape index (κ2) is 6.83. The smallest absolute Gasteiger partial charge is 0.324 e. The number of nitrogens with one attached hydrogen (secondary N) is 2. The molecule has 2 atom stereocenters. The zero-order chi connectivity index (χ0) is 13.1. The Labute approximate surface area is 121 Å². The summed E-state index contributed by atoms with van der Waals surface area (Å²) in [5.74, 6) is -0.236. The van der Waals surface area contributed by atoms with E-state index in [0.717, 1.165) is 30.7 Å². The lowest BCUT2D eigenvalue weighted by Gasteiger charge is -2.30. The molecule has 2 unspecified atom stereocenters. The summed E-state index contributed by atoms with van der Waals surface area (Å²) in [5.41, 5.74) is 0.365. The second-order valence-corrected chi connectivity index (χ2v) is 5.29. The molecule has 1 aliphatic rings. The highest BCUT2D eigenvalue weighted by Crippen LogP contribution is 2.22. The van der Waals surface area contributed by atoms with E-state index >= 15 is 0 Å². The number of hydrogen-bond donors (Lipinski definition) is 2. The molecule has 6 nitrogen and oxygen atoms in total. The molecular weight excluding hydrogens is 290 g/mol. The molecule has 1 saturated heterocycles. The SMILES string of the molecule is CC1NCCCC1NC(=O)c1csc([N+](=O)[O-])c1.Cl. The van der Waals surface area contributed by atoms with Crippen molar-refractivity contribution in [2.45, 2.75) is 31.8 Å². The van der Waals surface area contributed by atoms with Crippen molar-refractivity contribution in [2.24, 2.45) is 0 Å². The maximum Gasteiger partial charge on any atom is 0.324 e. The molecule has 1 aromatic heterocycles. The summed E-state index contributed by atoms with van der Waals surface area (Å²) in [6.07, 6.45) is 1.96. The van der Waals surface area contributed by atoms with E-state index in [1.165, 1.54) is 11.4 Å². The van der Waals surface area contributed by atoms with Crippen molar-refractivity contribution in [2.75, 3.05) is 6.54 Å². The Kier molecular flexibility index (Phi) is 5.71. The van der Waals surface area contributed by atoms with E-state index in [1.54, 1.807) is 0 Å². The highest BCUT2D eigenvalue weighted by atomic mass is 35.5. The third kappa shape index (κ3) is 3.89. The fourth-order valence-corrected chi connectivity index (χ4v) is 2.74. The minimum absolute atomic E-state index is 0. The Morgan fingerprint density at radius 2 is 2.37 bits per heavy atom. The van der Waals surface area contributed by atoms with Crippen LogP contribution in [0.5, 0.6) is 0 Å². The first-order chi connectivity index (χ1) is 8.58. The molecule has 106 valence electrons. The third-order valence-corrected chi connectivity index (χ3v) is 3.99. The van der Waals surface area contributed by atoms with Gasteiger partial charge in [-0.25, -0.2) is 0 Å². The second-order valence-electron chi connectivity index (χ2n) is 4.40. The van der Waals surface area contributed by atoms with Crippen LogP contribution in [0.3, 0.4) is 0 Å². The first kappa shape index (κ1) is 15.9. The van der Waals surface area contributed by atoms with Gasteiger partial charge in [0.1, 0.15) is 0 Å². The Bertz CT molecular complexity index is 466. The van der Waals surface area contributed by atoms with Gasteiger partial charge in [0.15, 0.2) is 0 Å². The fourth-order valence-electron chi connectivity index (χ4n) is 2.03. The molecule has 2 rings (SSSR count). The number of halogens is 1. The van der Waals surface area contributed by atoms with Crippen LogP contribution in [0.1, 0.15) is 30.1 Å². The van der Waals surface area contributed by atoms with Gasteiger partial charge in [0.05, 0.1) is 10.5 Å². The molecule has 0 radical (unpaired) electrons. The number of carbonyl (C=O) groups is 1. The molecule has 0 aromatic carbocycles. The molecular formula is C11H16ClN3O3S. The number of nitrogens with zero attached hydrogens (tertiary/aromatic N) is 1. The lowest BCUT2D eigenvalue weighted by atomic mass is 9.99. The first-order valence-corrected chi connectivity index (χ1v) is 6.73. The van der Waals surface area contributed by atoms with E-state index in [-0.39, 0.29) is 35.4 Å². The molecule has 2 heterocycles. The molecule has 19 heavy (non-hydrogen) atoms. The van der Waals surface area contributed by atoms with Crippen molar-refractivity contribution in [1.29, 1.82) is 0 Å². The monoisotopic (exact) mass is 305 g/mol. The Morgan fingerprint density at radius 1 is 1.63 bits per heavy atom. The van der Waals surface area contributed by atoms with Crippen molar-refractivity contribution in [3.8, 4) is 0 Å². The summed E-state index contributed by atoms with van der Waals surface area (Å²) in [7, 11) is 0. The largest absolute Gasteiger partial charge is 0.348 e. The van der Waals surface area contributed by atoms with Crippen LogP contribution in [-0.2, 0) is 0 Å². The molecule has 1 aromatic rings. The number of rotatable bonds is 3. The maximum atomic E-state index is 11.9. The average Bonchev–Trinajstić information content (AvgIpc) is 2.81. The van der Waals surface area contributed by atoms with Crippen LogP contribution < -0.4 is 10.6 Å². The van der Waals surface area contributed by atoms with E-state index < -0.39 is 4.92 Å². The van der Waals surface area contributed by atoms with Crippen LogP contribution in [0, 0.1) is 10.1 Å². The van der Waals surface area contributed by atoms with E-state index in [1.807, 2.05) is 6.92 Å². The lowest BCUT2D eigenvalue weighted by molar-refractivity contribution is -0.380. The predicted molar refractivity (Wildman–Crippen MR) is 76.2 cm³/mol. The van der Waals surface area contributed by atoms with Gasteiger partial charge < -0.3 is 10.6 Å². The highest BCUT2D eigenvalue weighted by Gasteiger charge is 2.24. The summed E-state index contributed by atoms with van der Waals surface area (Å²) >= 11 is 0.973. The summed E-state index contributed by atoms with van der Waals surface area (Å²) in [6.45, 7) is 3.00. The Hall–Kier alpha value is -1.18. The highest BCUT2D eigenvalue weighted by molar-refractivity contribution is 7.13. The number of thiophene rings is 1. The van der Waals surface area contributed by atoms with Crippen LogP contribution in [0.4, 0.5) is 5.00 Å². The quantitative estimate of drug-likeness (QED) is 0.660. The van der Waals surface area contributed by atoms with Crippen LogP contribution in [0.25, 0.3) is 0 Å². The van der Waals surface area contributed by atoms with Gasteiger partial charge in [0, 0.05) is 23.5 Å². The molecule has 0 aliphatic carbocycles. The van der Waals surface area contributed by atoms with Crippen LogP contribution in [0.2, 0.25) is 0 Å². The van der Waals surface area contributed by atoms with Gasteiger partial charge in [-0.3, -0.25) is 14.9 Å². The Balaban J connectivity index is 0.00000180. The van der Waals surface area contributed by atoms with Gasteiger partial charge >= 0.3 is 5.00 Å². The summed E-state index contributed by atoms with van der Waals surface area (Å²) in [6, 6.07) is 1.64. The Morgan fingerprint density at radius 3 is 2.95 bits per heavy atom. The van der Waals surface area contributed by atoms with Crippen molar-refractivity contribution < 1.29 is 9.72 Å². The minimum atomic E-state index is -0.480.